The molecule has 3 nitrogen and oxygen atoms in total. The van der Waals surface area contributed by atoms with Crippen LogP contribution in [0.15, 0.2) is 54.6 Å². The van der Waals surface area contributed by atoms with Crippen LogP contribution in [0.1, 0.15) is 31.4 Å². The molecule has 1 atom stereocenters. The van der Waals surface area contributed by atoms with Gasteiger partial charge in [-0.25, -0.2) is 0 Å². The maximum Gasteiger partial charge on any atom is 0.122 e. The third-order valence-corrected chi connectivity index (χ3v) is 3.63. The molecular formula is C19H25NO2. The van der Waals surface area contributed by atoms with E-state index in [-0.39, 0.29) is 0 Å². The molecule has 1 N–H and O–H groups in total. The Hall–Kier alpha value is -2.00. The van der Waals surface area contributed by atoms with Crippen molar-refractivity contribution in [1.29, 1.82) is 0 Å². The molecule has 0 aliphatic carbocycles. The van der Waals surface area contributed by atoms with Crippen LogP contribution in [0.2, 0.25) is 0 Å². The van der Waals surface area contributed by atoms with E-state index in [0.29, 0.717) is 6.04 Å². The summed E-state index contributed by atoms with van der Waals surface area (Å²) in [5.41, 5.74) is 1.33. The summed E-state index contributed by atoms with van der Waals surface area (Å²) in [6.07, 6.45) is 2.13. The Morgan fingerprint density at radius 2 is 1.73 bits per heavy atom. The Balaban J connectivity index is 1.59. The summed E-state index contributed by atoms with van der Waals surface area (Å²) in [5.74, 6) is 1.70. The van der Waals surface area contributed by atoms with Gasteiger partial charge in [0, 0.05) is 12.1 Å². The smallest absolute Gasteiger partial charge is 0.122 e. The monoisotopic (exact) mass is 299 g/mol. The predicted octanol–water partition coefficient (Wildman–Crippen LogP) is 4.21. The van der Waals surface area contributed by atoms with Crippen molar-refractivity contribution in [1.82, 2.24) is 5.32 Å². The Morgan fingerprint density at radius 3 is 2.50 bits per heavy atom. The number of rotatable bonds is 9. The second-order valence-electron chi connectivity index (χ2n) is 5.32. The highest BCUT2D eigenvalue weighted by Gasteiger charge is 2.02. The molecule has 0 radical (unpaired) electrons. The quantitative estimate of drug-likeness (QED) is 0.704. The summed E-state index contributed by atoms with van der Waals surface area (Å²) in [7, 11) is 1.67. The number of unbranched alkanes of at least 4 members (excludes halogenated alkanes) is 1. The molecule has 1 unspecified atom stereocenters. The van der Waals surface area contributed by atoms with Crippen LogP contribution in [-0.2, 0) is 0 Å². The zero-order chi connectivity index (χ0) is 15.6. The number of hydrogen-bond acceptors (Lipinski definition) is 3. The van der Waals surface area contributed by atoms with Crippen LogP contribution in [-0.4, -0.2) is 20.3 Å². The van der Waals surface area contributed by atoms with Gasteiger partial charge >= 0.3 is 0 Å². The van der Waals surface area contributed by atoms with Gasteiger partial charge in [0.1, 0.15) is 11.5 Å². The second kappa shape index (κ2) is 9.11. The lowest BCUT2D eigenvalue weighted by Crippen LogP contribution is -2.20. The van der Waals surface area contributed by atoms with Gasteiger partial charge in [-0.3, -0.25) is 0 Å². The van der Waals surface area contributed by atoms with Crippen molar-refractivity contribution in [2.24, 2.45) is 0 Å². The molecule has 22 heavy (non-hydrogen) atoms. The molecule has 2 rings (SSSR count). The van der Waals surface area contributed by atoms with E-state index in [1.54, 1.807) is 7.11 Å². The number of hydrogen-bond donors (Lipinski definition) is 1. The summed E-state index contributed by atoms with van der Waals surface area (Å²) in [5, 5.41) is 3.54. The highest BCUT2D eigenvalue weighted by Crippen LogP contribution is 2.19. The molecule has 3 heteroatoms. The van der Waals surface area contributed by atoms with Gasteiger partial charge in [0.15, 0.2) is 0 Å². The molecule has 0 amide bonds. The molecule has 0 spiro atoms. The first-order valence-electron chi connectivity index (χ1n) is 7.85. The van der Waals surface area contributed by atoms with E-state index in [2.05, 4.69) is 36.5 Å². The standard InChI is InChI=1S/C19H25NO2/c1-16(17-9-4-3-5-10-17)20-13-6-7-14-22-19-12-8-11-18(15-19)21-2/h3-5,8-12,15-16,20H,6-7,13-14H2,1-2H3. The van der Waals surface area contributed by atoms with E-state index >= 15 is 0 Å². The molecule has 0 saturated carbocycles. The van der Waals surface area contributed by atoms with Crippen LogP contribution in [0.3, 0.4) is 0 Å². The van der Waals surface area contributed by atoms with Crippen molar-refractivity contribution >= 4 is 0 Å². The number of benzene rings is 2. The van der Waals surface area contributed by atoms with E-state index in [1.807, 2.05) is 30.3 Å². The highest BCUT2D eigenvalue weighted by molar-refractivity contribution is 5.32. The summed E-state index contributed by atoms with van der Waals surface area (Å²) < 4.78 is 10.9. The average Bonchev–Trinajstić information content (AvgIpc) is 2.58. The Bertz CT molecular complexity index is 542. The second-order valence-corrected chi connectivity index (χ2v) is 5.32. The highest BCUT2D eigenvalue weighted by atomic mass is 16.5. The van der Waals surface area contributed by atoms with Gasteiger partial charge < -0.3 is 14.8 Å². The third kappa shape index (κ3) is 5.41. The lowest BCUT2D eigenvalue weighted by molar-refractivity contribution is 0.302. The first kappa shape index (κ1) is 16.4. The van der Waals surface area contributed by atoms with E-state index in [9.17, 15) is 0 Å². The molecule has 0 aromatic heterocycles. The van der Waals surface area contributed by atoms with Gasteiger partial charge in [-0.15, -0.1) is 0 Å². The van der Waals surface area contributed by atoms with Gasteiger partial charge in [-0.1, -0.05) is 36.4 Å². The largest absolute Gasteiger partial charge is 0.497 e. The van der Waals surface area contributed by atoms with Crippen molar-refractivity contribution in [3.8, 4) is 11.5 Å². The van der Waals surface area contributed by atoms with Gasteiger partial charge in [0.2, 0.25) is 0 Å². The van der Waals surface area contributed by atoms with Crippen LogP contribution in [0, 0.1) is 0 Å². The van der Waals surface area contributed by atoms with Crippen LogP contribution in [0.5, 0.6) is 11.5 Å². The first-order chi connectivity index (χ1) is 10.8. The molecule has 2 aromatic carbocycles. The van der Waals surface area contributed by atoms with Crippen molar-refractivity contribution in [3.63, 3.8) is 0 Å². The SMILES string of the molecule is COc1cccc(OCCCCNC(C)c2ccccc2)c1. The van der Waals surface area contributed by atoms with Crippen LogP contribution >= 0.6 is 0 Å². The fraction of sp³-hybridized carbons (Fsp3) is 0.368. The summed E-state index contributed by atoms with van der Waals surface area (Å²) in [6, 6.07) is 18.6. The number of nitrogens with one attached hydrogen (secondary N) is 1. The van der Waals surface area contributed by atoms with E-state index < -0.39 is 0 Å². The average molecular weight is 299 g/mol. The zero-order valence-corrected chi connectivity index (χ0v) is 13.4. The third-order valence-electron chi connectivity index (χ3n) is 3.63. The lowest BCUT2D eigenvalue weighted by Gasteiger charge is -2.14. The Morgan fingerprint density at radius 1 is 0.955 bits per heavy atom. The summed E-state index contributed by atoms with van der Waals surface area (Å²) in [6.45, 7) is 3.92. The van der Waals surface area contributed by atoms with E-state index in [4.69, 9.17) is 9.47 Å². The predicted molar refractivity (Wildman–Crippen MR) is 90.6 cm³/mol. The molecule has 0 aliphatic rings. The van der Waals surface area contributed by atoms with Gasteiger partial charge in [0.25, 0.3) is 0 Å². The van der Waals surface area contributed by atoms with Crippen molar-refractivity contribution in [2.75, 3.05) is 20.3 Å². The summed E-state index contributed by atoms with van der Waals surface area (Å²) >= 11 is 0. The number of methoxy groups -OCH3 is 1. The summed E-state index contributed by atoms with van der Waals surface area (Å²) in [4.78, 5) is 0. The van der Waals surface area contributed by atoms with Crippen molar-refractivity contribution in [3.05, 3.63) is 60.2 Å². The minimum atomic E-state index is 0.389. The molecule has 0 fully saturated rings. The van der Waals surface area contributed by atoms with Gasteiger partial charge in [0.05, 0.1) is 13.7 Å². The van der Waals surface area contributed by atoms with Gasteiger partial charge in [-0.2, -0.15) is 0 Å². The Kier molecular flexibility index (Phi) is 6.78. The fourth-order valence-electron chi connectivity index (χ4n) is 2.29. The molecular weight excluding hydrogens is 274 g/mol. The molecule has 0 aliphatic heterocycles. The topological polar surface area (TPSA) is 30.5 Å². The van der Waals surface area contributed by atoms with E-state index in [1.165, 1.54) is 5.56 Å². The minimum Gasteiger partial charge on any atom is -0.497 e. The minimum absolute atomic E-state index is 0.389. The molecule has 118 valence electrons. The van der Waals surface area contributed by atoms with Gasteiger partial charge in [-0.05, 0) is 44.0 Å². The van der Waals surface area contributed by atoms with Crippen LogP contribution in [0.4, 0.5) is 0 Å². The number of ether oxygens (including phenoxy) is 2. The fourth-order valence-corrected chi connectivity index (χ4v) is 2.29. The van der Waals surface area contributed by atoms with Crippen LogP contribution in [0.25, 0.3) is 0 Å². The maximum absolute atomic E-state index is 5.73. The lowest BCUT2D eigenvalue weighted by atomic mass is 10.1. The van der Waals surface area contributed by atoms with Crippen molar-refractivity contribution in [2.45, 2.75) is 25.8 Å². The molecule has 0 saturated heterocycles. The van der Waals surface area contributed by atoms with E-state index in [0.717, 1.165) is 37.5 Å². The molecule has 2 aromatic rings. The zero-order valence-electron chi connectivity index (χ0n) is 13.4. The Labute approximate surface area is 133 Å². The van der Waals surface area contributed by atoms with Crippen molar-refractivity contribution < 1.29 is 9.47 Å². The maximum atomic E-state index is 5.73. The van der Waals surface area contributed by atoms with Crippen LogP contribution < -0.4 is 14.8 Å². The normalized spacial score (nSPS) is 11.9. The first-order valence-corrected chi connectivity index (χ1v) is 7.85. The molecule has 0 bridgehead atoms. The molecule has 0 heterocycles.